The van der Waals surface area contributed by atoms with Gasteiger partial charge in [0.25, 0.3) is 5.91 Å². The number of amides is 1. The van der Waals surface area contributed by atoms with Crippen LogP contribution < -0.4 is 11.5 Å². The van der Waals surface area contributed by atoms with Gasteiger partial charge in [0, 0.05) is 17.1 Å². The zero-order valence-electron chi connectivity index (χ0n) is 20.2. The third-order valence-electron chi connectivity index (χ3n) is 7.84. The number of carbonyl (C=O) groups is 3. The number of phenolic OH excluding ortho intramolecular Hbond substituents is 1. The molecular weight excluding hydrogens is 478 g/mol. The van der Waals surface area contributed by atoms with Gasteiger partial charge in [0.2, 0.25) is 5.78 Å². The second-order valence-corrected chi connectivity index (χ2v) is 10.0. The minimum Gasteiger partial charge on any atom is -0.508 e. The molecule has 0 heterocycles. The van der Waals surface area contributed by atoms with Crippen molar-refractivity contribution in [1.82, 2.24) is 4.90 Å². The monoisotopic (exact) mass is 505 g/mol. The van der Waals surface area contributed by atoms with E-state index < -0.39 is 63.8 Å². The number of aromatic hydroxyl groups is 1. The number of ketones is 2. The Kier molecular flexibility index (Phi) is 5.43. The van der Waals surface area contributed by atoms with E-state index >= 15 is 0 Å². The largest absolute Gasteiger partial charge is 0.508 e. The van der Waals surface area contributed by atoms with E-state index in [-0.39, 0.29) is 29.7 Å². The van der Waals surface area contributed by atoms with Crippen LogP contribution in [-0.2, 0) is 20.8 Å². The molecule has 3 aliphatic rings. The van der Waals surface area contributed by atoms with Gasteiger partial charge in [-0.25, -0.2) is 0 Å². The Labute approximate surface area is 212 Å². The number of aliphatic hydroxyl groups is 3. The number of carbonyl (C=O) groups excluding carboxylic acids is 3. The number of fused-ring (bicyclic) bond motifs is 3. The number of aliphatic hydroxyl groups excluding tert-OH is 2. The molecule has 2 aromatic carbocycles. The van der Waals surface area contributed by atoms with Gasteiger partial charge in [-0.1, -0.05) is 30.3 Å². The highest BCUT2D eigenvalue weighted by atomic mass is 16.3. The molecule has 4 atom stereocenters. The molecule has 0 unspecified atom stereocenters. The topological polar surface area (TPSA) is 187 Å². The Morgan fingerprint density at radius 2 is 1.76 bits per heavy atom. The minimum atomic E-state index is -2.67. The van der Waals surface area contributed by atoms with E-state index in [9.17, 15) is 34.8 Å². The van der Waals surface area contributed by atoms with Crippen molar-refractivity contribution in [2.75, 3.05) is 19.8 Å². The molecule has 0 bridgehead atoms. The number of hydrogen-bond donors (Lipinski definition) is 6. The van der Waals surface area contributed by atoms with E-state index in [2.05, 4.69) is 0 Å². The first kappa shape index (κ1) is 24.5. The van der Waals surface area contributed by atoms with E-state index in [1.54, 1.807) is 20.2 Å². The summed E-state index contributed by atoms with van der Waals surface area (Å²) in [4.78, 5) is 40.5. The van der Waals surface area contributed by atoms with Crippen LogP contribution in [0.4, 0.5) is 5.69 Å². The normalized spacial score (nSPS) is 27.2. The van der Waals surface area contributed by atoms with Gasteiger partial charge in [-0.05, 0) is 50.0 Å². The fourth-order valence-electron chi connectivity index (χ4n) is 6.17. The van der Waals surface area contributed by atoms with E-state index in [4.69, 9.17) is 11.5 Å². The van der Waals surface area contributed by atoms with Gasteiger partial charge >= 0.3 is 0 Å². The number of benzene rings is 2. The molecule has 0 radical (unpaired) electrons. The summed E-state index contributed by atoms with van der Waals surface area (Å²) in [5, 5.41) is 44.7. The number of hydrogen-bond acceptors (Lipinski definition) is 9. The summed E-state index contributed by atoms with van der Waals surface area (Å²) in [6.45, 7) is 0. The molecule has 10 nitrogen and oxygen atoms in total. The summed E-state index contributed by atoms with van der Waals surface area (Å²) in [7, 11) is 3.11. The summed E-state index contributed by atoms with van der Waals surface area (Å²) >= 11 is 0. The molecule has 0 aromatic heterocycles. The highest BCUT2D eigenvalue weighted by Crippen LogP contribution is 2.53. The van der Waals surface area contributed by atoms with Crippen LogP contribution in [0, 0.1) is 11.8 Å². The van der Waals surface area contributed by atoms with Gasteiger partial charge in [0.05, 0.1) is 17.3 Å². The Morgan fingerprint density at radius 1 is 1.11 bits per heavy atom. The van der Waals surface area contributed by atoms with E-state index in [0.717, 1.165) is 5.56 Å². The van der Waals surface area contributed by atoms with Crippen LogP contribution in [0.5, 0.6) is 5.75 Å². The number of nitrogens with two attached hydrogens (primary N) is 2. The summed E-state index contributed by atoms with van der Waals surface area (Å²) in [6, 6.07) is 9.76. The van der Waals surface area contributed by atoms with Crippen LogP contribution in [0.2, 0.25) is 0 Å². The van der Waals surface area contributed by atoms with Gasteiger partial charge in [-0.3, -0.25) is 19.3 Å². The molecule has 1 amide bonds. The van der Waals surface area contributed by atoms with Crippen molar-refractivity contribution in [2.24, 2.45) is 17.6 Å². The van der Waals surface area contributed by atoms with E-state index in [1.165, 1.54) is 4.90 Å². The third-order valence-corrected chi connectivity index (χ3v) is 7.84. The summed E-state index contributed by atoms with van der Waals surface area (Å²) in [6.07, 6.45) is 0.222. The van der Waals surface area contributed by atoms with Crippen molar-refractivity contribution in [1.29, 1.82) is 0 Å². The first-order chi connectivity index (χ1) is 17.4. The number of anilines is 1. The third kappa shape index (κ3) is 3.22. The Bertz CT molecular complexity index is 1440. The van der Waals surface area contributed by atoms with Crippen LogP contribution in [0.3, 0.4) is 0 Å². The number of Topliss-reactive ketones (excluding diaryl/α,β-unsaturated/α-hetero) is 2. The molecular formula is C27H27N3O7. The zero-order chi connectivity index (χ0) is 27.0. The van der Waals surface area contributed by atoms with Gasteiger partial charge in [0.1, 0.15) is 22.8 Å². The lowest BCUT2D eigenvalue weighted by molar-refractivity contribution is -0.153. The van der Waals surface area contributed by atoms with Gasteiger partial charge in [-0.15, -0.1) is 0 Å². The first-order valence-electron chi connectivity index (χ1n) is 11.8. The molecule has 1 saturated carbocycles. The van der Waals surface area contributed by atoms with E-state index in [0.29, 0.717) is 11.1 Å². The first-order valence-corrected chi connectivity index (χ1v) is 11.8. The molecule has 1 fully saturated rings. The lowest BCUT2D eigenvalue weighted by atomic mass is 9.57. The Hall–Kier alpha value is -4.15. The van der Waals surface area contributed by atoms with Crippen molar-refractivity contribution in [2.45, 2.75) is 24.5 Å². The highest BCUT2D eigenvalue weighted by Gasteiger charge is 2.64. The average molecular weight is 506 g/mol. The van der Waals surface area contributed by atoms with Crippen LogP contribution in [0.15, 0.2) is 53.3 Å². The fraction of sp³-hybridized carbons (Fsp3) is 0.296. The predicted molar refractivity (Wildman–Crippen MR) is 134 cm³/mol. The summed E-state index contributed by atoms with van der Waals surface area (Å²) in [5.74, 6) is -6.99. The Morgan fingerprint density at radius 3 is 2.35 bits per heavy atom. The standard InChI is InChI=1S/C27H27N3O7/c1-30(2)20-15-10-13-8-12-9-14(11-6-4-3-5-7-11)19(28)22(32)16(12)21(31)17(13)24(34)27(15,37)25(35)18(23(20)33)26(29)36/h3-7,9,13,15,20,31-32,35,37H,8,10,28H2,1-2H3,(H2,29,36)/t13-,15-,20-,27-/m0/s1. The molecule has 2 aromatic rings. The molecule has 3 aliphatic carbocycles. The zero-order valence-corrected chi connectivity index (χ0v) is 20.2. The van der Waals surface area contributed by atoms with Gasteiger partial charge in [-0.2, -0.15) is 0 Å². The molecule has 0 aliphatic heterocycles. The average Bonchev–Trinajstić information content (AvgIpc) is 2.83. The number of primary amides is 1. The SMILES string of the molecule is CN(C)[C@@H]1C(=O)C(C(N)=O)=C(O)[C@@]2(O)C(=O)C3=C(O)c4c(cc(-c5ccccc5)c(N)c4O)C[C@H]3C[C@@H]12. The van der Waals surface area contributed by atoms with Gasteiger partial charge in [0.15, 0.2) is 11.4 Å². The van der Waals surface area contributed by atoms with Crippen LogP contribution >= 0.6 is 0 Å². The number of rotatable bonds is 3. The summed E-state index contributed by atoms with van der Waals surface area (Å²) < 4.78 is 0. The number of phenols is 1. The minimum absolute atomic E-state index is 0.00471. The van der Waals surface area contributed by atoms with Crippen molar-refractivity contribution < 1.29 is 34.8 Å². The summed E-state index contributed by atoms with van der Waals surface area (Å²) in [5.41, 5.74) is 9.63. The molecule has 37 heavy (non-hydrogen) atoms. The molecule has 0 spiro atoms. The fourth-order valence-corrected chi connectivity index (χ4v) is 6.17. The second-order valence-electron chi connectivity index (χ2n) is 10.0. The maximum Gasteiger partial charge on any atom is 0.255 e. The van der Waals surface area contributed by atoms with Crippen LogP contribution in [0.25, 0.3) is 16.9 Å². The van der Waals surface area contributed by atoms with Crippen molar-refractivity contribution in [3.8, 4) is 16.9 Å². The molecule has 0 saturated heterocycles. The van der Waals surface area contributed by atoms with Crippen LogP contribution in [-0.4, -0.2) is 68.5 Å². The molecule has 192 valence electrons. The number of nitrogens with zero attached hydrogens (tertiary/aromatic N) is 1. The molecule has 5 rings (SSSR count). The Balaban J connectivity index is 1.73. The van der Waals surface area contributed by atoms with Crippen molar-refractivity contribution in [3.05, 3.63) is 64.4 Å². The van der Waals surface area contributed by atoms with E-state index in [1.807, 2.05) is 30.3 Å². The number of nitrogen functional groups attached to an aromatic ring is 1. The second kappa shape index (κ2) is 8.19. The highest BCUT2D eigenvalue weighted by molar-refractivity contribution is 6.24. The van der Waals surface area contributed by atoms with Crippen LogP contribution in [0.1, 0.15) is 17.5 Å². The van der Waals surface area contributed by atoms with Gasteiger partial charge < -0.3 is 31.9 Å². The maximum atomic E-state index is 13.8. The molecule has 8 N–H and O–H groups in total. The van der Waals surface area contributed by atoms with Crippen molar-refractivity contribution in [3.63, 3.8) is 0 Å². The quantitative estimate of drug-likeness (QED) is 0.202. The van der Waals surface area contributed by atoms with Crippen molar-refractivity contribution >= 4 is 28.9 Å². The lowest BCUT2D eigenvalue weighted by Crippen LogP contribution is -2.65. The lowest BCUT2D eigenvalue weighted by Gasteiger charge is -2.50. The number of likely N-dealkylation sites (N-methyl/N-ethyl adjacent to an activating group) is 1. The smallest absolute Gasteiger partial charge is 0.255 e. The predicted octanol–water partition coefficient (Wildman–Crippen LogP) is 1.21. The molecule has 10 heteroatoms. The maximum absolute atomic E-state index is 13.8.